The van der Waals surface area contributed by atoms with Gasteiger partial charge in [-0.1, -0.05) is 22.0 Å². The van der Waals surface area contributed by atoms with Crippen LogP contribution in [0.3, 0.4) is 0 Å². The normalized spacial score (nSPS) is 13.2. The lowest BCUT2D eigenvalue weighted by molar-refractivity contribution is 0.00467. The van der Waals surface area contributed by atoms with Gasteiger partial charge in [0.1, 0.15) is 6.10 Å². The van der Waals surface area contributed by atoms with Gasteiger partial charge in [0.05, 0.1) is 12.7 Å². The molecule has 84 valence electrons. The van der Waals surface area contributed by atoms with Crippen LogP contribution in [-0.2, 0) is 4.74 Å². The Morgan fingerprint density at radius 3 is 2.67 bits per heavy atom. The quantitative estimate of drug-likeness (QED) is 0.912. The van der Waals surface area contributed by atoms with Gasteiger partial charge >= 0.3 is 0 Å². The second-order valence-corrected chi connectivity index (χ2v) is 4.81. The zero-order chi connectivity index (χ0) is 11.4. The van der Waals surface area contributed by atoms with Gasteiger partial charge in [0.2, 0.25) is 0 Å². The molecule has 1 rings (SSSR count). The fraction of sp³-hybridized carbons (Fsp3) is 0.500. The minimum Gasteiger partial charge on any atom is -0.386 e. The van der Waals surface area contributed by atoms with Gasteiger partial charge in [0, 0.05) is 4.47 Å². The molecule has 1 N–H and O–H groups in total. The molecule has 0 spiro atoms. The van der Waals surface area contributed by atoms with Crippen LogP contribution in [-0.4, -0.2) is 17.8 Å². The van der Waals surface area contributed by atoms with Crippen molar-refractivity contribution in [1.29, 1.82) is 0 Å². The predicted molar refractivity (Wildman–Crippen MR) is 64.9 cm³/mol. The summed E-state index contributed by atoms with van der Waals surface area (Å²) in [5.41, 5.74) is 2.00. The molecule has 0 bridgehead atoms. The van der Waals surface area contributed by atoms with E-state index >= 15 is 0 Å². The molecule has 0 aliphatic heterocycles. The van der Waals surface area contributed by atoms with Crippen molar-refractivity contribution < 1.29 is 9.84 Å². The third-order valence-electron chi connectivity index (χ3n) is 2.19. The van der Waals surface area contributed by atoms with E-state index in [1.54, 1.807) is 0 Å². The van der Waals surface area contributed by atoms with Crippen LogP contribution >= 0.6 is 15.9 Å². The van der Waals surface area contributed by atoms with Crippen molar-refractivity contribution in [1.82, 2.24) is 0 Å². The lowest BCUT2D eigenvalue weighted by Gasteiger charge is -2.16. The largest absolute Gasteiger partial charge is 0.386 e. The van der Waals surface area contributed by atoms with E-state index in [0.29, 0.717) is 6.61 Å². The van der Waals surface area contributed by atoms with Crippen molar-refractivity contribution in [2.45, 2.75) is 33.0 Å². The average Bonchev–Trinajstić information content (AvgIpc) is 2.18. The summed E-state index contributed by atoms with van der Waals surface area (Å²) in [6.45, 7) is 6.25. The Morgan fingerprint density at radius 1 is 1.40 bits per heavy atom. The van der Waals surface area contributed by atoms with E-state index in [-0.39, 0.29) is 6.10 Å². The molecule has 0 saturated heterocycles. The highest BCUT2D eigenvalue weighted by Gasteiger charge is 2.11. The first-order chi connectivity index (χ1) is 7.00. The second-order valence-electron chi connectivity index (χ2n) is 3.90. The molecule has 0 aliphatic carbocycles. The van der Waals surface area contributed by atoms with Crippen molar-refractivity contribution in [2.24, 2.45) is 0 Å². The second kappa shape index (κ2) is 5.64. The fourth-order valence-corrected chi connectivity index (χ4v) is 1.72. The van der Waals surface area contributed by atoms with E-state index in [0.717, 1.165) is 15.6 Å². The van der Waals surface area contributed by atoms with Gasteiger partial charge in [-0.2, -0.15) is 0 Å². The van der Waals surface area contributed by atoms with Crippen LogP contribution in [0.25, 0.3) is 0 Å². The smallest absolute Gasteiger partial charge is 0.103 e. The van der Waals surface area contributed by atoms with Gasteiger partial charge in [-0.3, -0.25) is 0 Å². The topological polar surface area (TPSA) is 29.5 Å². The summed E-state index contributed by atoms with van der Waals surface area (Å²) in [5.74, 6) is 0. The summed E-state index contributed by atoms with van der Waals surface area (Å²) >= 11 is 3.39. The van der Waals surface area contributed by atoms with Crippen LogP contribution in [0.1, 0.15) is 31.1 Å². The number of aryl methyl sites for hydroxylation is 1. The predicted octanol–water partition coefficient (Wildman–Crippen LogP) is 3.22. The van der Waals surface area contributed by atoms with Crippen molar-refractivity contribution in [3.8, 4) is 0 Å². The molecule has 0 aliphatic rings. The van der Waals surface area contributed by atoms with Crippen LogP contribution in [0, 0.1) is 6.92 Å². The molecular weight excluding hydrogens is 256 g/mol. The van der Waals surface area contributed by atoms with Gasteiger partial charge in [0.25, 0.3) is 0 Å². The lowest BCUT2D eigenvalue weighted by Crippen LogP contribution is -2.12. The summed E-state index contributed by atoms with van der Waals surface area (Å²) in [6, 6.07) is 5.89. The van der Waals surface area contributed by atoms with E-state index in [4.69, 9.17) is 4.74 Å². The maximum Gasteiger partial charge on any atom is 0.103 e. The van der Waals surface area contributed by atoms with Crippen molar-refractivity contribution in [3.63, 3.8) is 0 Å². The van der Waals surface area contributed by atoms with Crippen molar-refractivity contribution in [2.75, 3.05) is 6.61 Å². The molecule has 0 radical (unpaired) electrons. The Morgan fingerprint density at radius 2 is 2.07 bits per heavy atom. The highest BCUT2D eigenvalue weighted by Crippen LogP contribution is 2.22. The zero-order valence-corrected chi connectivity index (χ0v) is 10.9. The fourth-order valence-electron chi connectivity index (χ4n) is 1.34. The molecule has 1 atom stereocenters. The Kier molecular flexibility index (Phi) is 4.77. The number of rotatable bonds is 4. The SMILES string of the molecule is Cc1ccc(Br)cc1C(O)COC(C)C. The Labute approximate surface area is 99.4 Å². The zero-order valence-electron chi connectivity index (χ0n) is 9.33. The summed E-state index contributed by atoms with van der Waals surface area (Å²) in [5, 5.41) is 9.93. The lowest BCUT2D eigenvalue weighted by atomic mass is 10.0. The Balaban J connectivity index is 2.72. The Bertz CT molecular complexity index is 323. The molecule has 1 unspecified atom stereocenters. The third-order valence-corrected chi connectivity index (χ3v) is 2.68. The number of aliphatic hydroxyl groups is 1. The molecule has 3 heteroatoms. The number of aliphatic hydroxyl groups excluding tert-OH is 1. The highest BCUT2D eigenvalue weighted by atomic mass is 79.9. The van der Waals surface area contributed by atoms with Gasteiger partial charge in [0.15, 0.2) is 0 Å². The van der Waals surface area contributed by atoms with Crippen LogP contribution in [0.4, 0.5) is 0 Å². The monoisotopic (exact) mass is 272 g/mol. The van der Waals surface area contributed by atoms with Crippen LogP contribution < -0.4 is 0 Å². The average molecular weight is 273 g/mol. The van der Waals surface area contributed by atoms with Gasteiger partial charge in [-0.25, -0.2) is 0 Å². The summed E-state index contributed by atoms with van der Waals surface area (Å²) < 4.78 is 6.37. The van der Waals surface area contributed by atoms with E-state index in [9.17, 15) is 5.11 Å². The molecule has 1 aromatic rings. The first-order valence-corrected chi connectivity index (χ1v) is 5.85. The number of hydrogen-bond donors (Lipinski definition) is 1. The van der Waals surface area contributed by atoms with E-state index < -0.39 is 6.10 Å². The van der Waals surface area contributed by atoms with Gasteiger partial charge in [-0.05, 0) is 44.0 Å². The third kappa shape index (κ3) is 3.93. The number of ether oxygens (including phenoxy) is 1. The minimum atomic E-state index is -0.551. The Hall–Kier alpha value is -0.380. The molecule has 0 amide bonds. The summed E-state index contributed by atoms with van der Waals surface area (Å²) in [4.78, 5) is 0. The van der Waals surface area contributed by atoms with Crippen molar-refractivity contribution >= 4 is 15.9 Å². The maximum atomic E-state index is 9.93. The van der Waals surface area contributed by atoms with Gasteiger partial charge < -0.3 is 9.84 Å². The first-order valence-electron chi connectivity index (χ1n) is 5.06. The minimum absolute atomic E-state index is 0.145. The van der Waals surface area contributed by atoms with Crippen molar-refractivity contribution in [3.05, 3.63) is 33.8 Å². The number of benzene rings is 1. The van der Waals surface area contributed by atoms with Crippen LogP contribution in [0.5, 0.6) is 0 Å². The molecule has 0 fully saturated rings. The molecule has 0 heterocycles. The molecule has 2 nitrogen and oxygen atoms in total. The molecule has 15 heavy (non-hydrogen) atoms. The highest BCUT2D eigenvalue weighted by molar-refractivity contribution is 9.10. The summed E-state index contributed by atoms with van der Waals surface area (Å²) in [6.07, 6.45) is -0.406. The van der Waals surface area contributed by atoms with E-state index in [1.807, 2.05) is 39.0 Å². The molecule has 0 saturated carbocycles. The molecule has 0 aromatic heterocycles. The standard InChI is InChI=1S/C12H17BrO2/c1-8(2)15-7-12(14)11-6-10(13)5-4-9(11)3/h4-6,8,12,14H,7H2,1-3H3. The van der Waals surface area contributed by atoms with E-state index in [2.05, 4.69) is 15.9 Å². The first kappa shape index (κ1) is 12.7. The van der Waals surface area contributed by atoms with Crippen LogP contribution in [0.15, 0.2) is 22.7 Å². The molecule has 1 aromatic carbocycles. The van der Waals surface area contributed by atoms with Gasteiger partial charge in [-0.15, -0.1) is 0 Å². The molecular formula is C12H17BrO2. The van der Waals surface area contributed by atoms with E-state index in [1.165, 1.54) is 0 Å². The van der Waals surface area contributed by atoms with Crippen LogP contribution in [0.2, 0.25) is 0 Å². The number of halogens is 1. The summed E-state index contributed by atoms with van der Waals surface area (Å²) in [7, 11) is 0. The number of hydrogen-bond acceptors (Lipinski definition) is 2. The maximum absolute atomic E-state index is 9.93.